The highest BCUT2D eigenvalue weighted by Gasteiger charge is 2.38. The van der Waals surface area contributed by atoms with Gasteiger partial charge in [0.15, 0.2) is 0 Å². The minimum Gasteiger partial charge on any atom is -0.316 e. The molecule has 3 rings (SSSR count). The Balaban J connectivity index is 0.00000192. The zero-order chi connectivity index (χ0) is 15.9. The number of sulfonamides is 1. The second-order valence-electron chi connectivity index (χ2n) is 6.04. The molecule has 0 aromatic heterocycles. The zero-order valence-electron chi connectivity index (χ0n) is 12.8. The molecule has 2 aliphatic heterocycles. The first-order valence-electron chi connectivity index (χ1n) is 7.35. The third-order valence-corrected chi connectivity index (χ3v) is 6.54. The van der Waals surface area contributed by atoms with Gasteiger partial charge in [0.1, 0.15) is 0 Å². The van der Waals surface area contributed by atoms with Crippen LogP contribution < -0.4 is 5.32 Å². The van der Waals surface area contributed by atoms with Crippen LogP contribution in [0.4, 0.5) is 5.69 Å². The molecule has 0 aliphatic carbocycles. The fourth-order valence-electron chi connectivity index (χ4n) is 3.32. The van der Waals surface area contributed by atoms with Crippen LogP contribution in [0.25, 0.3) is 0 Å². The lowest BCUT2D eigenvalue weighted by molar-refractivity contribution is -0.385. The van der Waals surface area contributed by atoms with E-state index in [1.807, 2.05) is 0 Å². The lowest BCUT2D eigenvalue weighted by Gasteiger charge is -2.33. The largest absolute Gasteiger partial charge is 0.316 e. The monoisotopic (exact) mass is 361 g/mol. The van der Waals surface area contributed by atoms with E-state index in [4.69, 9.17) is 0 Å². The number of halogens is 1. The topological polar surface area (TPSA) is 92.6 Å². The van der Waals surface area contributed by atoms with Gasteiger partial charge in [0.25, 0.3) is 5.69 Å². The van der Waals surface area contributed by atoms with Crippen molar-refractivity contribution in [2.75, 3.05) is 26.2 Å². The van der Waals surface area contributed by atoms with Crippen LogP contribution in [-0.2, 0) is 10.0 Å². The number of nitro groups is 1. The van der Waals surface area contributed by atoms with Gasteiger partial charge >= 0.3 is 0 Å². The van der Waals surface area contributed by atoms with Gasteiger partial charge in [0.05, 0.1) is 9.82 Å². The Hall–Kier alpha value is -1.22. The lowest BCUT2D eigenvalue weighted by Crippen LogP contribution is -2.43. The highest BCUT2D eigenvalue weighted by Crippen LogP contribution is 2.31. The third-order valence-electron chi connectivity index (χ3n) is 4.68. The van der Waals surface area contributed by atoms with Crippen molar-refractivity contribution in [3.8, 4) is 0 Å². The lowest BCUT2D eigenvalue weighted by atomic mass is 9.90. The SMILES string of the molecule is Cc1ccc(S(=O)(=O)N2CCC3CNCC3C2)cc1[N+](=O)[O-].Cl. The number of nitrogens with zero attached hydrogens (tertiary/aromatic N) is 2. The normalized spacial score (nSPS) is 24.7. The molecule has 2 atom stereocenters. The average molecular weight is 362 g/mol. The minimum atomic E-state index is -3.67. The first-order chi connectivity index (χ1) is 10.4. The van der Waals surface area contributed by atoms with Gasteiger partial charge in [-0.05, 0) is 44.3 Å². The van der Waals surface area contributed by atoms with Gasteiger partial charge in [-0.15, -0.1) is 12.4 Å². The molecule has 0 amide bonds. The predicted molar refractivity (Wildman–Crippen MR) is 88.3 cm³/mol. The molecule has 0 bridgehead atoms. The number of benzene rings is 1. The van der Waals surface area contributed by atoms with Crippen LogP contribution in [0.2, 0.25) is 0 Å². The summed E-state index contributed by atoms with van der Waals surface area (Å²) in [5.74, 6) is 0.878. The molecule has 128 valence electrons. The molecule has 2 fully saturated rings. The van der Waals surface area contributed by atoms with Crippen molar-refractivity contribution in [3.63, 3.8) is 0 Å². The standard InChI is InChI=1S/C14H19N3O4S.ClH/c1-10-2-3-13(6-14(10)17(18)19)22(20,21)16-5-4-11-7-15-8-12(11)9-16;/h2-3,6,11-12,15H,4-5,7-9H2,1H3;1H. The van der Waals surface area contributed by atoms with Crippen molar-refractivity contribution in [2.45, 2.75) is 18.2 Å². The van der Waals surface area contributed by atoms with E-state index in [1.165, 1.54) is 22.5 Å². The number of nitro benzene ring substituents is 1. The fraction of sp³-hybridized carbons (Fsp3) is 0.571. The fourth-order valence-corrected chi connectivity index (χ4v) is 4.85. The number of aryl methyl sites for hydroxylation is 1. The molecule has 1 aromatic carbocycles. The Bertz CT molecular complexity index is 710. The van der Waals surface area contributed by atoms with E-state index in [0.29, 0.717) is 30.5 Å². The van der Waals surface area contributed by atoms with Crippen molar-refractivity contribution >= 4 is 28.1 Å². The molecule has 0 saturated carbocycles. The van der Waals surface area contributed by atoms with E-state index in [2.05, 4.69) is 5.32 Å². The van der Waals surface area contributed by atoms with Crippen LogP contribution in [0.1, 0.15) is 12.0 Å². The number of rotatable bonds is 3. The number of piperidine rings is 1. The number of hydrogen-bond acceptors (Lipinski definition) is 5. The molecule has 2 saturated heterocycles. The summed E-state index contributed by atoms with van der Waals surface area (Å²) in [6.07, 6.45) is 0.838. The van der Waals surface area contributed by atoms with Crippen molar-refractivity contribution in [2.24, 2.45) is 11.8 Å². The van der Waals surface area contributed by atoms with Crippen LogP contribution in [0.15, 0.2) is 23.1 Å². The van der Waals surface area contributed by atoms with Gasteiger partial charge in [0.2, 0.25) is 10.0 Å². The van der Waals surface area contributed by atoms with Crippen LogP contribution in [0.5, 0.6) is 0 Å². The van der Waals surface area contributed by atoms with E-state index < -0.39 is 14.9 Å². The maximum absolute atomic E-state index is 12.7. The quantitative estimate of drug-likeness (QED) is 0.651. The third kappa shape index (κ3) is 3.35. The minimum absolute atomic E-state index is 0. The summed E-state index contributed by atoms with van der Waals surface area (Å²) in [5, 5.41) is 14.3. The molecule has 2 heterocycles. The molecule has 0 spiro atoms. The Morgan fingerprint density at radius 2 is 2.00 bits per heavy atom. The van der Waals surface area contributed by atoms with E-state index in [-0.39, 0.29) is 23.0 Å². The van der Waals surface area contributed by atoms with Gasteiger partial charge in [-0.25, -0.2) is 8.42 Å². The second kappa shape index (κ2) is 6.72. The molecular formula is C14H20ClN3O4S. The maximum Gasteiger partial charge on any atom is 0.273 e. The highest BCUT2D eigenvalue weighted by atomic mass is 35.5. The van der Waals surface area contributed by atoms with Crippen LogP contribution in [-0.4, -0.2) is 43.8 Å². The van der Waals surface area contributed by atoms with Crippen LogP contribution >= 0.6 is 12.4 Å². The summed E-state index contributed by atoms with van der Waals surface area (Å²) in [6.45, 7) is 4.36. The predicted octanol–water partition coefficient (Wildman–Crippen LogP) is 1.56. The molecule has 1 aromatic rings. The molecule has 9 heteroatoms. The Labute approximate surface area is 141 Å². The van der Waals surface area contributed by atoms with Gasteiger partial charge in [0, 0.05) is 24.7 Å². The zero-order valence-corrected chi connectivity index (χ0v) is 14.4. The smallest absolute Gasteiger partial charge is 0.273 e. The van der Waals surface area contributed by atoms with Gasteiger partial charge in [-0.1, -0.05) is 6.07 Å². The highest BCUT2D eigenvalue weighted by molar-refractivity contribution is 7.89. The molecule has 1 N–H and O–H groups in total. The Morgan fingerprint density at radius 1 is 1.30 bits per heavy atom. The summed E-state index contributed by atoms with van der Waals surface area (Å²) >= 11 is 0. The van der Waals surface area contributed by atoms with E-state index in [9.17, 15) is 18.5 Å². The number of hydrogen-bond donors (Lipinski definition) is 1. The van der Waals surface area contributed by atoms with E-state index >= 15 is 0 Å². The summed E-state index contributed by atoms with van der Waals surface area (Å²) < 4.78 is 27.0. The summed E-state index contributed by atoms with van der Waals surface area (Å²) in [4.78, 5) is 10.5. The van der Waals surface area contributed by atoms with E-state index in [0.717, 1.165) is 19.5 Å². The molecule has 7 nitrogen and oxygen atoms in total. The van der Waals surface area contributed by atoms with Crippen molar-refractivity contribution in [1.29, 1.82) is 0 Å². The van der Waals surface area contributed by atoms with Crippen molar-refractivity contribution in [3.05, 3.63) is 33.9 Å². The second-order valence-corrected chi connectivity index (χ2v) is 7.97. The summed E-state index contributed by atoms with van der Waals surface area (Å²) in [5.41, 5.74) is 0.307. The summed E-state index contributed by atoms with van der Waals surface area (Å²) in [7, 11) is -3.67. The van der Waals surface area contributed by atoms with E-state index in [1.54, 1.807) is 6.92 Å². The van der Waals surface area contributed by atoms with Crippen LogP contribution in [0, 0.1) is 28.9 Å². The number of fused-ring (bicyclic) bond motifs is 1. The van der Waals surface area contributed by atoms with Crippen LogP contribution in [0.3, 0.4) is 0 Å². The van der Waals surface area contributed by atoms with Gasteiger partial charge in [-0.3, -0.25) is 10.1 Å². The van der Waals surface area contributed by atoms with Gasteiger partial charge in [-0.2, -0.15) is 4.31 Å². The molecule has 2 unspecified atom stereocenters. The molecular weight excluding hydrogens is 342 g/mol. The Morgan fingerprint density at radius 3 is 2.70 bits per heavy atom. The average Bonchev–Trinajstić information content (AvgIpc) is 2.94. The number of nitrogens with one attached hydrogen (secondary N) is 1. The molecule has 0 radical (unpaired) electrons. The Kier molecular flexibility index (Phi) is 5.30. The van der Waals surface area contributed by atoms with Crippen molar-refractivity contribution < 1.29 is 13.3 Å². The first kappa shape index (κ1) is 18.1. The maximum atomic E-state index is 12.7. The van der Waals surface area contributed by atoms with Gasteiger partial charge < -0.3 is 5.32 Å². The van der Waals surface area contributed by atoms with Crippen molar-refractivity contribution in [1.82, 2.24) is 9.62 Å². The first-order valence-corrected chi connectivity index (χ1v) is 8.79. The molecule has 23 heavy (non-hydrogen) atoms. The molecule has 2 aliphatic rings. The summed E-state index contributed by atoms with van der Waals surface area (Å²) in [6, 6.07) is 4.12.